The Morgan fingerprint density at radius 3 is 2.55 bits per heavy atom. The molecule has 1 aromatic rings. The van der Waals surface area contributed by atoms with Crippen molar-refractivity contribution in [1.29, 1.82) is 0 Å². The zero-order valence-corrected chi connectivity index (χ0v) is 13.6. The van der Waals surface area contributed by atoms with Crippen LogP contribution >= 0.6 is 23.6 Å². The molecule has 0 spiro atoms. The summed E-state index contributed by atoms with van der Waals surface area (Å²) in [6.07, 6.45) is 5.82. The Bertz CT molecular complexity index is 507. The van der Waals surface area contributed by atoms with Gasteiger partial charge in [-0.3, -0.25) is 4.79 Å². The molecule has 1 unspecified atom stereocenters. The molecule has 6 heteroatoms. The number of aromatic nitrogens is 1. The summed E-state index contributed by atoms with van der Waals surface area (Å²) in [4.78, 5) is 17.7. The minimum atomic E-state index is -0.195. The number of carbonyl (C=O) groups is 1. The fraction of sp³-hybridized carbons (Fsp3) is 0.643. The highest BCUT2D eigenvalue weighted by Crippen LogP contribution is 2.27. The number of hydrogen-bond acceptors (Lipinski definition) is 4. The summed E-state index contributed by atoms with van der Waals surface area (Å²) in [5.41, 5.74) is 6.62. The van der Waals surface area contributed by atoms with Crippen molar-refractivity contribution in [2.45, 2.75) is 52.0 Å². The topological polar surface area (TPSA) is 68.0 Å². The van der Waals surface area contributed by atoms with Gasteiger partial charge in [0.05, 0.1) is 21.7 Å². The molecule has 110 valence electrons. The second-order valence-electron chi connectivity index (χ2n) is 5.40. The van der Waals surface area contributed by atoms with E-state index in [-0.39, 0.29) is 11.9 Å². The van der Waals surface area contributed by atoms with Crippen LogP contribution in [0.4, 0.5) is 0 Å². The number of carbonyl (C=O) groups excluding carboxylic acids is 1. The lowest BCUT2D eigenvalue weighted by atomic mass is 9.84. The van der Waals surface area contributed by atoms with Crippen LogP contribution in [-0.4, -0.2) is 21.9 Å². The summed E-state index contributed by atoms with van der Waals surface area (Å²) < 4.78 is 0. The van der Waals surface area contributed by atoms with Gasteiger partial charge in [0.15, 0.2) is 0 Å². The van der Waals surface area contributed by atoms with Gasteiger partial charge in [0.1, 0.15) is 4.88 Å². The number of thiazole rings is 1. The highest BCUT2D eigenvalue weighted by Gasteiger charge is 2.28. The summed E-state index contributed by atoms with van der Waals surface area (Å²) in [5, 5.41) is 3.92. The van der Waals surface area contributed by atoms with Crippen LogP contribution in [0.3, 0.4) is 0 Å². The Morgan fingerprint density at radius 2 is 2.05 bits per heavy atom. The second kappa shape index (κ2) is 6.63. The number of nitrogens with two attached hydrogens (primary N) is 1. The Morgan fingerprint density at radius 1 is 1.40 bits per heavy atom. The van der Waals surface area contributed by atoms with E-state index in [0.29, 0.717) is 15.8 Å². The lowest BCUT2D eigenvalue weighted by Gasteiger charge is -2.30. The van der Waals surface area contributed by atoms with Crippen molar-refractivity contribution in [3.63, 3.8) is 0 Å². The van der Waals surface area contributed by atoms with Crippen LogP contribution in [0.5, 0.6) is 0 Å². The van der Waals surface area contributed by atoms with Gasteiger partial charge in [-0.25, -0.2) is 4.98 Å². The Hall–Kier alpha value is -1.01. The Labute approximate surface area is 129 Å². The fourth-order valence-electron chi connectivity index (χ4n) is 2.84. The van der Waals surface area contributed by atoms with E-state index >= 15 is 0 Å². The van der Waals surface area contributed by atoms with Gasteiger partial charge in [-0.05, 0) is 32.6 Å². The molecule has 0 aromatic carbocycles. The molecule has 1 amide bonds. The van der Waals surface area contributed by atoms with Gasteiger partial charge >= 0.3 is 0 Å². The molecule has 1 aliphatic rings. The van der Waals surface area contributed by atoms with Gasteiger partial charge in [-0.2, -0.15) is 0 Å². The standard InChI is InChI=1S/C14H21N3OS2/c1-8-12(20-9(2)16-8)14(18)17-11(13(15)19)10-6-4-3-5-7-10/h10-11H,3-7H2,1-2H3,(H2,15,19)(H,17,18). The average Bonchev–Trinajstić information content (AvgIpc) is 2.75. The minimum Gasteiger partial charge on any atom is -0.392 e. The van der Waals surface area contributed by atoms with Gasteiger partial charge in [0, 0.05) is 0 Å². The smallest absolute Gasteiger partial charge is 0.263 e. The van der Waals surface area contributed by atoms with Crippen molar-refractivity contribution >= 4 is 34.5 Å². The third-order valence-electron chi connectivity index (χ3n) is 3.82. The molecule has 2 rings (SSSR count). The lowest BCUT2D eigenvalue weighted by molar-refractivity contribution is 0.0935. The first-order valence-electron chi connectivity index (χ1n) is 7.03. The van der Waals surface area contributed by atoms with E-state index < -0.39 is 0 Å². The van der Waals surface area contributed by atoms with Crippen molar-refractivity contribution in [1.82, 2.24) is 10.3 Å². The van der Waals surface area contributed by atoms with Crippen molar-refractivity contribution in [2.75, 3.05) is 0 Å². The number of hydrogen-bond donors (Lipinski definition) is 2. The third-order valence-corrected chi connectivity index (χ3v) is 5.15. The predicted molar refractivity (Wildman–Crippen MR) is 86.2 cm³/mol. The van der Waals surface area contributed by atoms with Gasteiger partial charge in [-0.1, -0.05) is 31.5 Å². The maximum atomic E-state index is 12.4. The highest BCUT2D eigenvalue weighted by molar-refractivity contribution is 7.80. The van der Waals surface area contributed by atoms with Crippen LogP contribution in [0.15, 0.2) is 0 Å². The molecule has 1 aliphatic carbocycles. The van der Waals surface area contributed by atoms with Gasteiger partial charge < -0.3 is 11.1 Å². The summed E-state index contributed by atoms with van der Waals surface area (Å²) >= 11 is 6.57. The van der Waals surface area contributed by atoms with E-state index in [1.807, 2.05) is 13.8 Å². The van der Waals surface area contributed by atoms with Crippen LogP contribution in [0, 0.1) is 19.8 Å². The molecule has 1 fully saturated rings. The number of nitrogens with zero attached hydrogens (tertiary/aromatic N) is 1. The van der Waals surface area contributed by atoms with Crippen molar-refractivity contribution in [3.05, 3.63) is 15.6 Å². The highest BCUT2D eigenvalue weighted by atomic mass is 32.1. The molecule has 20 heavy (non-hydrogen) atoms. The third kappa shape index (κ3) is 3.55. The maximum absolute atomic E-state index is 12.4. The van der Waals surface area contributed by atoms with E-state index in [9.17, 15) is 4.79 Å². The van der Waals surface area contributed by atoms with E-state index in [4.69, 9.17) is 18.0 Å². The van der Waals surface area contributed by atoms with Crippen LogP contribution in [-0.2, 0) is 0 Å². The molecule has 4 nitrogen and oxygen atoms in total. The molecule has 1 aromatic heterocycles. The number of rotatable bonds is 4. The van der Waals surface area contributed by atoms with Gasteiger partial charge in [0.25, 0.3) is 5.91 Å². The summed E-state index contributed by atoms with van der Waals surface area (Å²) in [6, 6.07) is -0.195. The molecule has 1 atom stereocenters. The summed E-state index contributed by atoms with van der Waals surface area (Å²) in [7, 11) is 0. The second-order valence-corrected chi connectivity index (χ2v) is 7.07. The monoisotopic (exact) mass is 311 g/mol. The number of nitrogens with one attached hydrogen (secondary N) is 1. The maximum Gasteiger partial charge on any atom is 0.263 e. The molecule has 1 saturated carbocycles. The molecular formula is C14H21N3OS2. The quantitative estimate of drug-likeness (QED) is 0.839. The van der Waals surface area contributed by atoms with Crippen molar-refractivity contribution in [2.24, 2.45) is 11.7 Å². The van der Waals surface area contributed by atoms with Crippen LogP contribution in [0.1, 0.15) is 52.5 Å². The first kappa shape index (κ1) is 15.4. The zero-order chi connectivity index (χ0) is 14.7. The molecule has 0 saturated heterocycles. The van der Waals surface area contributed by atoms with E-state index in [1.54, 1.807) is 0 Å². The lowest BCUT2D eigenvalue weighted by Crippen LogP contribution is -2.48. The fourth-order valence-corrected chi connectivity index (χ4v) is 3.91. The van der Waals surface area contributed by atoms with Crippen LogP contribution in [0.2, 0.25) is 0 Å². The predicted octanol–water partition coefficient (Wildman–Crippen LogP) is 2.72. The number of aryl methyl sites for hydroxylation is 2. The number of thiocarbonyl (C=S) groups is 1. The molecular weight excluding hydrogens is 290 g/mol. The summed E-state index contributed by atoms with van der Waals surface area (Å²) in [5.74, 6) is 0.274. The largest absolute Gasteiger partial charge is 0.392 e. The van der Waals surface area contributed by atoms with Crippen molar-refractivity contribution < 1.29 is 4.79 Å². The average molecular weight is 311 g/mol. The molecule has 0 radical (unpaired) electrons. The zero-order valence-electron chi connectivity index (χ0n) is 11.9. The molecule has 0 bridgehead atoms. The van der Waals surface area contributed by atoms with Gasteiger partial charge in [0.2, 0.25) is 0 Å². The molecule has 1 heterocycles. The van der Waals surface area contributed by atoms with E-state index in [2.05, 4.69) is 10.3 Å². The summed E-state index contributed by atoms with van der Waals surface area (Å²) in [6.45, 7) is 3.76. The molecule has 0 aliphatic heterocycles. The SMILES string of the molecule is Cc1nc(C)c(C(=O)NC(C(N)=S)C2CCCCC2)s1. The molecule has 3 N–H and O–H groups in total. The van der Waals surface area contributed by atoms with Crippen LogP contribution < -0.4 is 11.1 Å². The van der Waals surface area contributed by atoms with E-state index in [0.717, 1.165) is 23.5 Å². The Kier molecular flexibility index (Phi) is 5.10. The Balaban J connectivity index is 2.09. The number of amides is 1. The van der Waals surface area contributed by atoms with E-state index in [1.165, 1.54) is 30.6 Å². The minimum absolute atomic E-state index is 0.100. The normalized spacial score (nSPS) is 17.7. The first-order valence-corrected chi connectivity index (χ1v) is 8.25. The van der Waals surface area contributed by atoms with Crippen LogP contribution in [0.25, 0.3) is 0 Å². The van der Waals surface area contributed by atoms with Crippen molar-refractivity contribution in [3.8, 4) is 0 Å². The van der Waals surface area contributed by atoms with Gasteiger partial charge in [-0.15, -0.1) is 11.3 Å². The first-order chi connectivity index (χ1) is 9.49.